The highest BCUT2D eigenvalue weighted by molar-refractivity contribution is 5.93. The van der Waals surface area contributed by atoms with Crippen molar-refractivity contribution in [1.29, 1.82) is 0 Å². The number of hydrogen-bond donors (Lipinski definition) is 1. The van der Waals surface area contributed by atoms with Crippen molar-refractivity contribution in [3.8, 4) is 0 Å². The van der Waals surface area contributed by atoms with Crippen molar-refractivity contribution in [2.24, 2.45) is 0 Å². The van der Waals surface area contributed by atoms with Crippen LogP contribution in [0.25, 0.3) is 10.9 Å². The Kier molecular flexibility index (Phi) is 3.43. The van der Waals surface area contributed by atoms with Crippen molar-refractivity contribution in [2.75, 3.05) is 0 Å². The molecule has 0 spiro atoms. The van der Waals surface area contributed by atoms with Crippen molar-refractivity contribution in [3.63, 3.8) is 0 Å². The highest BCUT2D eigenvalue weighted by Gasteiger charge is 2.09. The second-order valence-electron chi connectivity index (χ2n) is 4.92. The number of nitrogens with zero attached hydrogens (tertiary/aromatic N) is 4. The lowest BCUT2D eigenvalue weighted by Gasteiger charge is -2.07. The molecule has 0 radical (unpaired) electrons. The zero-order valence-electron chi connectivity index (χ0n) is 11.7. The van der Waals surface area contributed by atoms with Crippen LogP contribution < -0.4 is 0 Å². The predicted molar refractivity (Wildman–Crippen MR) is 78.3 cm³/mol. The number of carboxylic acids is 1. The van der Waals surface area contributed by atoms with Crippen LogP contribution in [0.4, 0.5) is 0 Å². The maximum atomic E-state index is 11.0. The number of aryl methyl sites for hydroxylation is 1. The summed E-state index contributed by atoms with van der Waals surface area (Å²) in [6.45, 7) is 3.57. The molecule has 108 valence electrons. The lowest BCUT2D eigenvalue weighted by molar-refractivity contribution is 0.0697. The molecule has 0 aliphatic heterocycles. The molecule has 6 nitrogen and oxygen atoms in total. The summed E-state index contributed by atoms with van der Waals surface area (Å²) in [5, 5.41) is 14.2. The van der Waals surface area contributed by atoms with Gasteiger partial charge in [-0.15, -0.1) is 0 Å². The summed E-state index contributed by atoms with van der Waals surface area (Å²) in [5.74, 6) is -0.0102. The van der Waals surface area contributed by atoms with Crippen molar-refractivity contribution < 1.29 is 9.90 Å². The fourth-order valence-electron chi connectivity index (χ4n) is 2.43. The number of aromatic carboxylic acids is 1. The minimum Gasteiger partial charge on any atom is -0.478 e. The zero-order valence-corrected chi connectivity index (χ0v) is 11.7. The zero-order chi connectivity index (χ0) is 14.8. The first kappa shape index (κ1) is 13.4. The number of fused-ring (bicyclic) bond motifs is 1. The number of carboxylic acid groups (broad SMARTS) is 1. The second-order valence-corrected chi connectivity index (χ2v) is 4.92. The van der Waals surface area contributed by atoms with Gasteiger partial charge in [-0.2, -0.15) is 5.10 Å². The van der Waals surface area contributed by atoms with Gasteiger partial charge in [0.1, 0.15) is 12.2 Å². The van der Waals surface area contributed by atoms with E-state index in [1.165, 1.54) is 0 Å². The van der Waals surface area contributed by atoms with E-state index < -0.39 is 5.97 Å². The van der Waals surface area contributed by atoms with Gasteiger partial charge in [-0.3, -0.25) is 0 Å². The molecule has 0 unspecified atom stereocenters. The first-order valence-corrected chi connectivity index (χ1v) is 6.88. The molecule has 0 fully saturated rings. The summed E-state index contributed by atoms with van der Waals surface area (Å²) >= 11 is 0. The van der Waals surface area contributed by atoms with Crippen LogP contribution in [-0.2, 0) is 13.1 Å². The van der Waals surface area contributed by atoms with Crippen LogP contribution in [-0.4, -0.2) is 30.4 Å². The third kappa shape index (κ3) is 2.52. The standard InChI is InChI=1S/C15H16N4O2/c1-2-6-19-14(16-10-17-19)9-18-7-5-11-8-12(15(20)21)3-4-13(11)18/h3-5,7-8,10H,2,6,9H2,1H3,(H,20,21). The van der Waals surface area contributed by atoms with Gasteiger partial charge < -0.3 is 9.67 Å². The average molecular weight is 284 g/mol. The van der Waals surface area contributed by atoms with Gasteiger partial charge in [0.15, 0.2) is 0 Å². The normalized spacial score (nSPS) is 11.1. The minimum atomic E-state index is -0.910. The quantitative estimate of drug-likeness (QED) is 0.780. The van der Waals surface area contributed by atoms with Gasteiger partial charge in [-0.05, 0) is 30.7 Å². The van der Waals surface area contributed by atoms with E-state index in [1.54, 1.807) is 18.5 Å². The molecule has 0 bridgehead atoms. The van der Waals surface area contributed by atoms with Crippen LogP contribution in [0.2, 0.25) is 0 Å². The number of rotatable bonds is 5. The Balaban J connectivity index is 1.94. The summed E-state index contributed by atoms with van der Waals surface area (Å²) in [5.41, 5.74) is 1.29. The van der Waals surface area contributed by atoms with E-state index in [2.05, 4.69) is 21.6 Å². The van der Waals surface area contributed by atoms with Gasteiger partial charge >= 0.3 is 5.97 Å². The van der Waals surface area contributed by atoms with E-state index in [9.17, 15) is 4.79 Å². The predicted octanol–water partition coefficient (Wildman–Crippen LogP) is 2.39. The molecule has 0 atom stereocenters. The molecule has 0 saturated heterocycles. The van der Waals surface area contributed by atoms with Crippen molar-refractivity contribution in [1.82, 2.24) is 19.3 Å². The third-order valence-electron chi connectivity index (χ3n) is 3.46. The molecule has 0 saturated carbocycles. The number of benzene rings is 1. The van der Waals surface area contributed by atoms with Gasteiger partial charge in [-0.25, -0.2) is 14.5 Å². The Hall–Kier alpha value is -2.63. The van der Waals surface area contributed by atoms with E-state index in [0.29, 0.717) is 12.1 Å². The van der Waals surface area contributed by atoms with Crippen LogP contribution >= 0.6 is 0 Å². The Bertz CT molecular complexity index is 788. The molecule has 6 heteroatoms. The Morgan fingerprint density at radius 3 is 2.95 bits per heavy atom. The minimum absolute atomic E-state index is 0.300. The highest BCUT2D eigenvalue weighted by atomic mass is 16.4. The highest BCUT2D eigenvalue weighted by Crippen LogP contribution is 2.18. The van der Waals surface area contributed by atoms with Crippen LogP contribution in [0.15, 0.2) is 36.8 Å². The number of aromatic nitrogens is 4. The van der Waals surface area contributed by atoms with Gasteiger partial charge in [0.25, 0.3) is 0 Å². The van der Waals surface area contributed by atoms with Gasteiger partial charge in [-0.1, -0.05) is 6.92 Å². The molecular formula is C15H16N4O2. The SMILES string of the molecule is CCCn1ncnc1Cn1ccc2cc(C(=O)O)ccc21. The fourth-order valence-corrected chi connectivity index (χ4v) is 2.43. The maximum Gasteiger partial charge on any atom is 0.335 e. The molecule has 0 amide bonds. The Labute approximate surface area is 121 Å². The summed E-state index contributed by atoms with van der Waals surface area (Å²) in [6, 6.07) is 7.06. The molecule has 0 aliphatic rings. The fraction of sp³-hybridized carbons (Fsp3) is 0.267. The van der Waals surface area contributed by atoms with Gasteiger partial charge in [0.2, 0.25) is 0 Å². The molecule has 21 heavy (non-hydrogen) atoms. The molecule has 3 rings (SSSR count). The van der Waals surface area contributed by atoms with E-state index in [0.717, 1.165) is 29.7 Å². The second kappa shape index (κ2) is 5.40. The largest absolute Gasteiger partial charge is 0.478 e. The average Bonchev–Trinajstić information content (AvgIpc) is 3.07. The molecule has 1 N–H and O–H groups in total. The van der Waals surface area contributed by atoms with Gasteiger partial charge in [0.05, 0.1) is 12.1 Å². The molecular weight excluding hydrogens is 268 g/mol. The summed E-state index contributed by atoms with van der Waals surface area (Å²) in [4.78, 5) is 15.3. The number of carbonyl (C=O) groups is 1. The molecule has 2 aromatic heterocycles. The molecule has 2 heterocycles. The van der Waals surface area contributed by atoms with Crippen LogP contribution in [0.3, 0.4) is 0 Å². The van der Waals surface area contributed by atoms with E-state index in [4.69, 9.17) is 5.11 Å². The first-order chi connectivity index (χ1) is 10.2. The summed E-state index contributed by atoms with van der Waals surface area (Å²) < 4.78 is 3.95. The summed E-state index contributed by atoms with van der Waals surface area (Å²) in [7, 11) is 0. The third-order valence-corrected chi connectivity index (χ3v) is 3.46. The Morgan fingerprint density at radius 2 is 2.19 bits per heavy atom. The first-order valence-electron chi connectivity index (χ1n) is 6.88. The van der Waals surface area contributed by atoms with Crippen molar-refractivity contribution >= 4 is 16.9 Å². The topological polar surface area (TPSA) is 72.9 Å². The lowest BCUT2D eigenvalue weighted by Crippen LogP contribution is -2.09. The van der Waals surface area contributed by atoms with Crippen LogP contribution in [0.5, 0.6) is 0 Å². The van der Waals surface area contributed by atoms with Crippen LogP contribution in [0.1, 0.15) is 29.5 Å². The smallest absolute Gasteiger partial charge is 0.335 e. The lowest BCUT2D eigenvalue weighted by atomic mass is 10.1. The maximum absolute atomic E-state index is 11.0. The van der Waals surface area contributed by atoms with Crippen molar-refractivity contribution in [2.45, 2.75) is 26.4 Å². The molecule has 0 aliphatic carbocycles. The van der Waals surface area contributed by atoms with Crippen molar-refractivity contribution in [3.05, 3.63) is 48.2 Å². The van der Waals surface area contributed by atoms with E-state index in [-0.39, 0.29) is 0 Å². The van der Waals surface area contributed by atoms with E-state index in [1.807, 2.05) is 23.0 Å². The van der Waals surface area contributed by atoms with Crippen LogP contribution in [0, 0.1) is 0 Å². The van der Waals surface area contributed by atoms with Gasteiger partial charge in [0, 0.05) is 23.6 Å². The number of hydrogen-bond acceptors (Lipinski definition) is 3. The van der Waals surface area contributed by atoms with E-state index >= 15 is 0 Å². The summed E-state index contributed by atoms with van der Waals surface area (Å²) in [6.07, 6.45) is 4.52. The molecule has 1 aromatic carbocycles. The Morgan fingerprint density at radius 1 is 1.33 bits per heavy atom. The monoisotopic (exact) mass is 284 g/mol. The molecule has 3 aromatic rings.